The van der Waals surface area contributed by atoms with Crippen molar-refractivity contribution in [3.8, 4) is 0 Å². The van der Waals surface area contributed by atoms with Gasteiger partial charge in [0, 0.05) is 5.75 Å². The molecule has 0 aromatic carbocycles. The van der Waals surface area contributed by atoms with Crippen LogP contribution in [0, 0.1) is 0 Å². The second kappa shape index (κ2) is 7.98. The minimum absolute atomic E-state index is 0.138. The Morgan fingerprint density at radius 2 is 1.29 bits per heavy atom. The van der Waals surface area contributed by atoms with Crippen LogP contribution in [0.3, 0.4) is 0 Å². The number of halogens is 8. The second-order valence-electron chi connectivity index (χ2n) is 3.54. The van der Waals surface area contributed by atoms with Crippen LogP contribution in [0.15, 0.2) is 0 Å². The van der Waals surface area contributed by atoms with Crippen molar-refractivity contribution in [2.24, 2.45) is 0 Å². The van der Waals surface area contributed by atoms with E-state index in [9.17, 15) is 39.7 Å². The third-order valence-electron chi connectivity index (χ3n) is 1.76. The first-order chi connectivity index (χ1) is 9.36. The zero-order valence-corrected chi connectivity index (χ0v) is 12.1. The molecule has 3 nitrogen and oxygen atoms in total. The highest BCUT2D eigenvalue weighted by Crippen LogP contribution is 2.61. The van der Waals surface area contributed by atoms with E-state index in [2.05, 4.69) is 9.05 Å². The SMILES string of the molecule is CCSP(=O)(OCC(F)(F)C(F)F)OCC(F)(F)C(F)F. The van der Waals surface area contributed by atoms with Gasteiger partial charge in [-0.2, -0.15) is 17.6 Å². The molecule has 13 heteroatoms. The molecule has 0 spiro atoms. The lowest BCUT2D eigenvalue weighted by Gasteiger charge is -2.23. The molecule has 0 saturated carbocycles. The molecule has 0 bridgehead atoms. The molecule has 0 unspecified atom stereocenters. The van der Waals surface area contributed by atoms with Crippen molar-refractivity contribution in [2.75, 3.05) is 19.0 Å². The van der Waals surface area contributed by atoms with Crippen LogP contribution in [-0.2, 0) is 13.6 Å². The molecule has 0 aromatic rings. The molecule has 0 aliphatic rings. The quantitative estimate of drug-likeness (QED) is 0.413. The molecule has 0 amide bonds. The predicted octanol–water partition coefficient (Wildman–Crippen LogP) is 4.68. The summed E-state index contributed by atoms with van der Waals surface area (Å²) < 4.78 is 117. The Kier molecular flexibility index (Phi) is 7.96. The van der Waals surface area contributed by atoms with E-state index in [0.29, 0.717) is 0 Å². The number of alkyl halides is 8. The summed E-state index contributed by atoms with van der Waals surface area (Å²) >= 11 is 0.138. The van der Waals surface area contributed by atoms with Crippen molar-refractivity contribution in [3.63, 3.8) is 0 Å². The van der Waals surface area contributed by atoms with Gasteiger partial charge in [0.25, 0.3) is 0 Å². The first-order valence-electron chi connectivity index (χ1n) is 5.22. The Balaban J connectivity index is 4.75. The fourth-order valence-corrected chi connectivity index (χ4v) is 3.64. The maximum atomic E-state index is 12.6. The van der Waals surface area contributed by atoms with Gasteiger partial charge in [0.05, 0.1) is 0 Å². The first-order valence-corrected chi connectivity index (χ1v) is 8.35. The second-order valence-corrected chi connectivity index (χ2v) is 7.90. The lowest BCUT2D eigenvalue weighted by molar-refractivity contribution is -0.157. The lowest BCUT2D eigenvalue weighted by Crippen LogP contribution is -2.33. The van der Waals surface area contributed by atoms with Crippen molar-refractivity contribution in [1.29, 1.82) is 0 Å². The van der Waals surface area contributed by atoms with Crippen LogP contribution in [-0.4, -0.2) is 43.7 Å². The Hall–Kier alpha value is -0.0600. The summed E-state index contributed by atoms with van der Waals surface area (Å²) in [7, 11) is 0. The Bertz CT molecular complexity index is 339. The molecular weight excluding hydrogens is 359 g/mol. The van der Waals surface area contributed by atoms with Gasteiger partial charge in [0.15, 0.2) is 0 Å². The fourth-order valence-electron chi connectivity index (χ4n) is 0.726. The third kappa shape index (κ3) is 7.16. The Morgan fingerprint density at radius 3 is 1.52 bits per heavy atom. The summed E-state index contributed by atoms with van der Waals surface area (Å²) in [4.78, 5) is 0. The van der Waals surface area contributed by atoms with Gasteiger partial charge in [0.2, 0.25) is 0 Å². The molecule has 0 atom stereocenters. The number of hydrogen-bond donors (Lipinski definition) is 0. The summed E-state index contributed by atoms with van der Waals surface area (Å²) in [6, 6.07) is 0. The molecule has 0 rings (SSSR count). The number of hydrogen-bond acceptors (Lipinski definition) is 4. The predicted molar refractivity (Wildman–Crippen MR) is 59.5 cm³/mol. The topological polar surface area (TPSA) is 35.5 Å². The van der Waals surface area contributed by atoms with Crippen molar-refractivity contribution in [3.05, 3.63) is 0 Å². The summed E-state index contributed by atoms with van der Waals surface area (Å²) in [5.41, 5.74) is 0. The minimum atomic E-state index is -4.70. The van der Waals surface area contributed by atoms with Crippen LogP contribution in [0.1, 0.15) is 6.92 Å². The van der Waals surface area contributed by atoms with E-state index in [1.165, 1.54) is 6.92 Å². The summed E-state index contributed by atoms with van der Waals surface area (Å²) in [5, 5.41) is 0. The largest absolute Gasteiger partial charge is 0.389 e. The summed E-state index contributed by atoms with van der Waals surface area (Å²) in [5.74, 6) is -9.51. The monoisotopic (exact) mass is 370 g/mol. The van der Waals surface area contributed by atoms with Gasteiger partial charge in [-0.05, 0) is 11.4 Å². The van der Waals surface area contributed by atoms with Crippen LogP contribution in [0.5, 0.6) is 0 Å². The van der Waals surface area contributed by atoms with E-state index in [4.69, 9.17) is 0 Å². The van der Waals surface area contributed by atoms with Gasteiger partial charge in [-0.1, -0.05) is 6.92 Å². The highest BCUT2D eigenvalue weighted by Gasteiger charge is 2.46. The molecule has 0 aliphatic heterocycles. The van der Waals surface area contributed by atoms with Crippen LogP contribution in [0.2, 0.25) is 0 Å². The Labute approximate surface area is 118 Å². The fraction of sp³-hybridized carbons (Fsp3) is 1.00. The van der Waals surface area contributed by atoms with Gasteiger partial charge in [0.1, 0.15) is 13.2 Å². The van der Waals surface area contributed by atoms with Crippen molar-refractivity contribution >= 4 is 18.2 Å². The third-order valence-corrected chi connectivity index (χ3v) is 5.58. The first kappa shape index (κ1) is 20.9. The minimum Gasteiger partial charge on any atom is -0.294 e. The smallest absolute Gasteiger partial charge is 0.294 e. The highest BCUT2D eigenvalue weighted by atomic mass is 32.7. The molecule has 0 N–H and O–H groups in total. The Morgan fingerprint density at radius 1 is 0.952 bits per heavy atom. The zero-order valence-electron chi connectivity index (χ0n) is 10.4. The normalized spacial score (nSPS) is 14.2. The van der Waals surface area contributed by atoms with Gasteiger partial charge >= 0.3 is 31.5 Å². The van der Waals surface area contributed by atoms with E-state index in [1.807, 2.05) is 0 Å². The lowest BCUT2D eigenvalue weighted by atomic mass is 10.4. The molecule has 0 radical (unpaired) electrons. The summed E-state index contributed by atoms with van der Waals surface area (Å²) in [6.07, 6.45) is -8.28. The van der Waals surface area contributed by atoms with Crippen molar-refractivity contribution < 1.29 is 48.7 Å². The molecule has 0 saturated heterocycles. The molecule has 0 heterocycles. The molecule has 128 valence electrons. The van der Waals surface area contributed by atoms with Crippen LogP contribution in [0.4, 0.5) is 35.1 Å². The van der Waals surface area contributed by atoms with Crippen LogP contribution in [0.25, 0.3) is 0 Å². The van der Waals surface area contributed by atoms with Gasteiger partial charge in [-0.15, -0.1) is 0 Å². The highest BCUT2D eigenvalue weighted by molar-refractivity contribution is 8.55. The molecular formula is C8H11F8O3PS. The zero-order chi connectivity index (χ0) is 16.9. The van der Waals surface area contributed by atoms with Gasteiger partial charge in [-0.3, -0.25) is 9.05 Å². The summed E-state index contributed by atoms with van der Waals surface area (Å²) in [6.45, 7) is -7.52. The molecule has 21 heavy (non-hydrogen) atoms. The van der Waals surface area contributed by atoms with Crippen molar-refractivity contribution in [1.82, 2.24) is 0 Å². The van der Waals surface area contributed by atoms with E-state index in [1.54, 1.807) is 0 Å². The number of rotatable bonds is 10. The standard InChI is InChI=1S/C8H11F8O3PS/c1-2-21-20(17,18-3-7(13,14)5(9)10)19-4-8(15,16)6(11)12/h5-6H,2-4H2,1H3. The van der Waals surface area contributed by atoms with Gasteiger partial charge < -0.3 is 0 Å². The maximum absolute atomic E-state index is 12.6. The van der Waals surface area contributed by atoms with E-state index >= 15 is 0 Å². The van der Waals surface area contributed by atoms with E-state index in [0.717, 1.165) is 0 Å². The van der Waals surface area contributed by atoms with Gasteiger partial charge in [-0.25, -0.2) is 22.1 Å². The molecule has 0 aliphatic carbocycles. The van der Waals surface area contributed by atoms with Crippen molar-refractivity contribution in [2.45, 2.75) is 31.6 Å². The molecule has 0 aromatic heterocycles. The van der Waals surface area contributed by atoms with Crippen LogP contribution >= 0.6 is 18.2 Å². The maximum Gasteiger partial charge on any atom is 0.389 e. The average molecular weight is 370 g/mol. The van der Waals surface area contributed by atoms with E-state index in [-0.39, 0.29) is 17.1 Å². The van der Waals surface area contributed by atoms with Crippen LogP contribution < -0.4 is 0 Å². The van der Waals surface area contributed by atoms with E-state index < -0.39 is 44.7 Å². The molecule has 0 fully saturated rings. The average Bonchev–Trinajstić information content (AvgIpc) is 2.35.